The lowest BCUT2D eigenvalue weighted by molar-refractivity contribution is -0.137. The highest BCUT2D eigenvalue weighted by atomic mass is 16.4. The van der Waals surface area contributed by atoms with E-state index in [0.717, 1.165) is 18.4 Å². The Labute approximate surface area is 123 Å². The average molecular weight is 287 g/mol. The van der Waals surface area contributed by atoms with Crippen molar-refractivity contribution in [2.75, 3.05) is 18.4 Å². The van der Waals surface area contributed by atoms with E-state index in [1.165, 1.54) is 4.90 Å². The molecule has 0 spiro atoms. The summed E-state index contributed by atoms with van der Waals surface area (Å²) in [5.41, 5.74) is 1.57. The molecule has 0 aromatic heterocycles. The van der Waals surface area contributed by atoms with Crippen LogP contribution in [0, 0.1) is 24.2 Å². The van der Waals surface area contributed by atoms with Crippen LogP contribution in [-0.4, -0.2) is 35.1 Å². The van der Waals surface area contributed by atoms with Gasteiger partial charge in [-0.2, -0.15) is 5.26 Å². The number of hydrogen-bond donors (Lipinski definition) is 2. The second-order valence-corrected chi connectivity index (χ2v) is 5.26. The van der Waals surface area contributed by atoms with Crippen LogP contribution in [0.5, 0.6) is 0 Å². The lowest BCUT2D eigenvalue weighted by Crippen LogP contribution is -2.40. The van der Waals surface area contributed by atoms with Crippen LogP contribution < -0.4 is 5.32 Å². The standard InChI is InChI=1S/C15H17N3O3/c1-10-3-2-4-13(12(10)7-16)17-15(21)18(9-14(19)20)8-11-5-6-11/h2-4,11H,5-6,8-9H2,1H3,(H,17,21)(H,19,20). The molecule has 2 rings (SSSR count). The Hall–Kier alpha value is -2.55. The zero-order valence-corrected chi connectivity index (χ0v) is 11.8. The van der Waals surface area contributed by atoms with E-state index in [0.29, 0.717) is 23.7 Å². The molecule has 0 atom stereocenters. The summed E-state index contributed by atoms with van der Waals surface area (Å²) in [4.78, 5) is 24.4. The van der Waals surface area contributed by atoms with Crippen molar-refractivity contribution in [1.82, 2.24) is 4.90 Å². The molecule has 110 valence electrons. The number of carbonyl (C=O) groups excluding carboxylic acids is 1. The largest absolute Gasteiger partial charge is 0.480 e. The molecule has 0 saturated heterocycles. The van der Waals surface area contributed by atoms with Gasteiger partial charge in [-0.05, 0) is 37.3 Å². The molecule has 2 amide bonds. The number of rotatable bonds is 5. The molecule has 1 saturated carbocycles. The lowest BCUT2D eigenvalue weighted by Gasteiger charge is -2.21. The zero-order valence-electron chi connectivity index (χ0n) is 11.8. The van der Waals surface area contributed by atoms with Gasteiger partial charge in [0, 0.05) is 6.54 Å². The maximum atomic E-state index is 12.2. The molecule has 1 aliphatic rings. The molecule has 0 bridgehead atoms. The Balaban J connectivity index is 2.12. The van der Waals surface area contributed by atoms with Crippen LogP contribution in [0.1, 0.15) is 24.0 Å². The maximum Gasteiger partial charge on any atom is 0.323 e. The van der Waals surface area contributed by atoms with E-state index in [1.54, 1.807) is 25.1 Å². The van der Waals surface area contributed by atoms with E-state index >= 15 is 0 Å². The number of nitrogens with zero attached hydrogens (tertiary/aromatic N) is 2. The Bertz CT molecular complexity index is 603. The molecule has 6 nitrogen and oxygen atoms in total. The molecule has 0 unspecified atom stereocenters. The van der Waals surface area contributed by atoms with Gasteiger partial charge in [0.05, 0.1) is 11.3 Å². The van der Waals surface area contributed by atoms with Crippen molar-refractivity contribution in [3.8, 4) is 6.07 Å². The highest BCUT2D eigenvalue weighted by Crippen LogP contribution is 2.30. The van der Waals surface area contributed by atoms with Crippen LogP contribution in [-0.2, 0) is 4.79 Å². The second-order valence-electron chi connectivity index (χ2n) is 5.26. The number of nitrogens with one attached hydrogen (secondary N) is 1. The average Bonchev–Trinajstić information content (AvgIpc) is 3.21. The SMILES string of the molecule is Cc1cccc(NC(=O)N(CC(=O)O)CC2CC2)c1C#N. The van der Waals surface area contributed by atoms with Gasteiger partial charge in [-0.1, -0.05) is 12.1 Å². The van der Waals surface area contributed by atoms with E-state index in [1.807, 2.05) is 0 Å². The minimum atomic E-state index is -1.05. The molecule has 1 aromatic rings. The number of carboxylic acids is 1. The number of carbonyl (C=O) groups is 2. The molecular formula is C15H17N3O3. The minimum Gasteiger partial charge on any atom is -0.480 e. The fraction of sp³-hybridized carbons (Fsp3) is 0.400. The van der Waals surface area contributed by atoms with Crippen molar-refractivity contribution in [3.63, 3.8) is 0 Å². The predicted octanol–water partition coefficient (Wildman–Crippen LogP) is 2.20. The van der Waals surface area contributed by atoms with Gasteiger partial charge < -0.3 is 15.3 Å². The Morgan fingerprint density at radius 3 is 2.76 bits per heavy atom. The van der Waals surface area contributed by atoms with E-state index in [9.17, 15) is 9.59 Å². The normalized spacial score (nSPS) is 13.3. The number of aryl methyl sites for hydroxylation is 1. The van der Waals surface area contributed by atoms with Crippen LogP contribution in [0.3, 0.4) is 0 Å². The third kappa shape index (κ3) is 3.96. The van der Waals surface area contributed by atoms with Gasteiger partial charge in [0.15, 0.2) is 0 Å². The van der Waals surface area contributed by atoms with Gasteiger partial charge >= 0.3 is 12.0 Å². The smallest absolute Gasteiger partial charge is 0.323 e. The molecule has 6 heteroatoms. The first-order valence-corrected chi connectivity index (χ1v) is 6.78. The molecule has 21 heavy (non-hydrogen) atoms. The first-order chi connectivity index (χ1) is 10.0. The molecule has 0 radical (unpaired) electrons. The summed E-state index contributed by atoms with van der Waals surface area (Å²) in [7, 11) is 0. The zero-order chi connectivity index (χ0) is 15.4. The van der Waals surface area contributed by atoms with Crippen molar-refractivity contribution in [2.24, 2.45) is 5.92 Å². The third-order valence-electron chi connectivity index (χ3n) is 3.42. The van der Waals surface area contributed by atoms with Crippen LogP contribution in [0.4, 0.5) is 10.5 Å². The summed E-state index contributed by atoms with van der Waals surface area (Å²) >= 11 is 0. The highest BCUT2D eigenvalue weighted by molar-refractivity contribution is 5.92. The Morgan fingerprint density at radius 1 is 1.48 bits per heavy atom. The van der Waals surface area contributed by atoms with Crippen LogP contribution in [0.15, 0.2) is 18.2 Å². The number of nitriles is 1. The molecule has 1 aliphatic carbocycles. The Morgan fingerprint density at radius 2 is 2.19 bits per heavy atom. The van der Waals surface area contributed by atoms with E-state index in [4.69, 9.17) is 10.4 Å². The van der Waals surface area contributed by atoms with E-state index in [2.05, 4.69) is 11.4 Å². The van der Waals surface area contributed by atoms with Crippen molar-refractivity contribution in [1.29, 1.82) is 5.26 Å². The molecule has 0 aliphatic heterocycles. The summed E-state index contributed by atoms with van der Waals surface area (Å²) in [6.45, 7) is 1.88. The molecule has 1 aromatic carbocycles. The number of benzene rings is 1. The highest BCUT2D eigenvalue weighted by Gasteiger charge is 2.28. The minimum absolute atomic E-state index is 0.337. The molecular weight excluding hydrogens is 270 g/mol. The first kappa shape index (κ1) is 14.9. The summed E-state index contributed by atoms with van der Waals surface area (Å²) in [5.74, 6) is -0.654. The number of amides is 2. The lowest BCUT2D eigenvalue weighted by atomic mass is 10.1. The van der Waals surface area contributed by atoms with Crippen molar-refractivity contribution < 1.29 is 14.7 Å². The van der Waals surface area contributed by atoms with Crippen LogP contribution >= 0.6 is 0 Å². The number of anilines is 1. The van der Waals surface area contributed by atoms with Gasteiger partial charge in [0.25, 0.3) is 0 Å². The van der Waals surface area contributed by atoms with E-state index in [-0.39, 0.29) is 6.54 Å². The topological polar surface area (TPSA) is 93.4 Å². The van der Waals surface area contributed by atoms with Crippen molar-refractivity contribution >= 4 is 17.7 Å². The summed E-state index contributed by atoms with van der Waals surface area (Å²) in [6, 6.07) is 6.74. The summed E-state index contributed by atoms with van der Waals surface area (Å²) in [6.07, 6.45) is 2.05. The summed E-state index contributed by atoms with van der Waals surface area (Å²) in [5, 5.41) is 20.7. The fourth-order valence-electron chi connectivity index (χ4n) is 2.11. The van der Waals surface area contributed by atoms with Gasteiger partial charge in [0.2, 0.25) is 0 Å². The Kier molecular flexibility index (Phi) is 4.43. The predicted molar refractivity (Wildman–Crippen MR) is 76.8 cm³/mol. The number of aliphatic carboxylic acids is 1. The van der Waals surface area contributed by atoms with E-state index < -0.39 is 12.0 Å². The van der Waals surface area contributed by atoms with Crippen molar-refractivity contribution in [2.45, 2.75) is 19.8 Å². The van der Waals surface area contributed by atoms with Crippen molar-refractivity contribution in [3.05, 3.63) is 29.3 Å². The van der Waals surface area contributed by atoms with Crippen LogP contribution in [0.25, 0.3) is 0 Å². The maximum absolute atomic E-state index is 12.2. The molecule has 2 N–H and O–H groups in total. The molecule has 0 heterocycles. The van der Waals surface area contributed by atoms with Gasteiger partial charge in [-0.15, -0.1) is 0 Å². The first-order valence-electron chi connectivity index (χ1n) is 6.78. The van der Waals surface area contributed by atoms with Gasteiger partial charge in [0.1, 0.15) is 12.6 Å². The number of hydrogen-bond acceptors (Lipinski definition) is 3. The number of carboxylic acid groups (broad SMARTS) is 1. The second kappa shape index (κ2) is 6.27. The number of urea groups is 1. The van der Waals surface area contributed by atoms with Gasteiger partial charge in [-0.25, -0.2) is 4.79 Å². The molecule has 1 fully saturated rings. The fourth-order valence-corrected chi connectivity index (χ4v) is 2.11. The quantitative estimate of drug-likeness (QED) is 0.868. The van der Waals surface area contributed by atoms with Crippen LogP contribution in [0.2, 0.25) is 0 Å². The third-order valence-corrected chi connectivity index (χ3v) is 3.42. The summed E-state index contributed by atoms with van der Waals surface area (Å²) < 4.78 is 0. The van der Waals surface area contributed by atoms with Gasteiger partial charge in [-0.3, -0.25) is 4.79 Å². The monoisotopic (exact) mass is 287 g/mol.